The quantitative estimate of drug-likeness (QED) is 0.394. The number of ketones is 1. The molecule has 0 bridgehead atoms. The molecular weight excluding hydrogens is 384 g/mol. The molecule has 0 amide bonds. The van der Waals surface area contributed by atoms with Gasteiger partial charge in [0.05, 0.1) is 23.8 Å². The molecule has 0 aliphatic heterocycles. The summed E-state index contributed by atoms with van der Waals surface area (Å²) < 4.78 is 30.8. The number of hydrogen-bond donors (Lipinski definition) is 2. The summed E-state index contributed by atoms with van der Waals surface area (Å²) in [5, 5.41) is 19.1. The molecule has 1 atom stereocenters. The number of imidazole rings is 1. The van der Waals surface area contributed by atoms with Gasteiger partial charge in [-0.25, -0.2) is 17.6 Å². The standard InChI is InChI=1S/C15H18ClN2O3.CH4O3S/c1-17-6-7-18(9-13(20)10-19)15(17)8-14(21)11-2-4-12(16)5-3-11;1-5(2,3)4/h2-7,13,19-20H,8-10H2,1H3;1H3,(H,2,3,4)/q+1;/p-1. The Morgan fingerprint density at radius 3 is 2.38 bits per heavy atom. The van der Waals surface area contributed by atoms with Crippen LogP contribution in [-0.2, 0) is 30.1 Å². The van der Waals surface area contributed by atoms with Gasteiger partial charge in [0.15, 0.2) is 5.78 Å². The van der Waals surface area contributed by atoms with Crippen molar-refractivity contribution in [1.82, 2.24) is 4.57 Å². The Morgan fingerprint density at radius 2 is 1.88 bits per heavy atom. The second-order valence-corrected chi connectivity index (χ2v) is 7.47. The van der Waals surface area contributed by atoms with Gasteiger partial charge < -0.3 is 14.8 Å². The second-order valence-electron chi connectivity index (χ2n) is 5.63. The van der Waals surface area contributed by atoms with Crippen LogP contribution in [0.2, 0.25) is 5.02 Å². The van der Waals surface area contributed by atoms with Gasteiger partial charge in [0, 0.05) is 16.8 Å². The van der Waals surface area contributed by atoms with Gasteiger partial charge in [0.1, 0.15) is 31.5 Å². The number of nitrogens with zero attached hydrogens (tertiary/aromatic N) is 2. The molecule has 0 fully saturated rings. The topological polar surface area (TPSA) is 124 Å². The lowest BCUT2D eigenvalue weighted by atomic mass is 10.1. The molecule has 2 N–H and O–H groups in total. The van der Waals surface area contributed by atoms with Gasteiger partial charge in [0.25, 0.3) is 5.82 Å². The zero-order chi connectivity index (χ0) is 19.9. The first-order valence-electron chi connectivity index (χ1n) is 7.53. The Morgan fingerprint density at radius 1 is 1.35 bits per heavy atom. The molecule has 8 nitrogen and oxygen atoms in total. The Labute approximate surface area is 157 Å². The van der Waals surface area contributed by atoms with Crippen molar-refractivity contribution in [2.24, 2.45) is 7.05 Å². The van der Waals surface area contributed by atoms with Crippen LogP contribution >= 0.6 is 11.6 Å². The number of carbonyl (C=O) groups is 1. The predicted molar refractivity (Wildman–Crippen MR) is 93.8 cm³/mol. The van der Waals surface area contributed by atoms with Crippen LogP contribution in [0, 0.1) is 0 Å². The molecule has 1 unspecified atom stereocenters. The largest absolute Gasteiger partial charge is 0.748 e. The summed E-state index contributed by atoms with van der Waals surface area (Å²) >= 11 is 5.81. The van der Waals surface area contributed by atoms with Crippen molar-refractivity contribution >= 4 is 27.5 Å². The Hall–Kier alpha value is -1.78. The number of rotatable bonds is 6. The number of carbonyl (C=O) groups excluding carboxylic acids is 1. The number of benzene rings is 1. The summed E-state index contributed by atoms with van der Waals surface area (Å²) in [7, 11) is -2.08. The van der Waals surface area contributed by atoms with Crippen LogP contribution in [0.15, 0.2) is 36.7 Å². The highest BCUT2D eigenvalue weighted by Crippen LogP contribution is 2.12. The van der Waals surface area contributed by atoms with E-state index in [-0.39, 0.29) is 25.4 Å². The molecule has 0 aliphatic rings. The Kier molecular flexibility index (Phi) is 8.38. The average Bonchev–Trinajstić information content (AvgIpc) is 2.87. The Balaban J connectivity index is 0.000000597. The Bertz CT molecular complexity index is 825. The molecule has 1 aromatic carbocycles. The molecule has 1 aromatic heterocycles. The zero-order valence-electron chi connectivity index (χ0n) is 14.4. The lowest BCUT2D eigenvalue weighted by Crippen LogP contribution is -2.35. The molecule has 0 radical (unpaired) electrons. The van der Waals surface area contributed by atoms with E-state index < -0.39 is 16.2 Å². The number of aryl methyl sites for hydroxylation is 1. The molecule has 1 heterocycles. The summed E-state index contributed by atoms with van der Waals surface area (Å²) in [4.78, 5) is 12.3. The number of aliphatic hydroxyl groups excluding tert-OH is 2. The summed E-state index contributed by atoms with van der Waals surface area (Å²) in [5.74, 6) is 0.739. The van der Waals surface area contributed by atoms with E-state index in [4.69, 9.17) is 29.7 Å². The van der Waals surface area contributed by atoms with Crippen molar-refractivity contribution in [2.45, 2.75) is 19.1 Å². The fraction of sp³-hybridized carbons (Fsp3) is 0.375. The first-order valence-corrected chi connectivity index (χ1v) is 9.73. The van der Waals surface area contributed by atoms with Crippen molar-refractivity contribution in [3.8, 4) is 0 Å². The minimum atomic E-state index is -3.92. The van der Waals surface area contributed by atoms with E-state index in [0.29, 0.717) is 16.8 Å². The van der Waals surface area contributed by atoms with Crippen LogP contribution in [0.25, 0.3) is 0 Å². The fourth-order valence-corrected chi connectivity index (χ4v) is 2.24. The first-order chi connectivity index (χ1) is 12.0. The second kappa shape index (κ2) is 9.79. The maximum absolute atomic E-state index is 12.3. The summed E-state index contributed by atoms with van der Waals surface area (Å²) in [5.41, 5.74) is 0.592. The number of hydrogen-bond acceptors (Lipinski definition) is 6. The monoisotopic (exact) mass is 404 g/mol. The highest BCUT2D eigenvalue weighted by atomic mass is 35.5. The van der Waals surface area contributed by atoms with E-state index in [2.05, 4.69) is 0 Å². The predicted octanol–water partition coefficient (Wildman–Crippen LogP) is -0.0940. The molecule has 0 saturated carbocycles. The average molecular weight is 405 g/mol. The van der Waals surface area contributed by atoms with E-state index in [1.54, 1.807) is 35.0 Å². The molecule has 0 aliphatic carbocycles. The lowest BCUT2D eigenvalue weighted by molar-refractivity contribution is -0.678. The van der Waals surface area contributed by atoms with Gasteiger partial charge in [-0.05, 0) is 24.3 Å². The third kappa shape index (κ3) is 8.07. The number of halogens is 1. The zero-order valence-corrected chi connectivity index (χ0v) is 15.9. The van der Waals surface area contributed by atoms with E-state index >= 15 is 0 Å². The molecule has 144 valence electrons. The van der Waals surface area contributed by atoms with Gasteiger partial charge in [-0.1, -0.05) is 11.6 Å². The normalized spacial score (nSPS) is 12.2. The molecule has 0 spiro atoms. The maximum Gasteiger partial charge on any atom is 0.264 e. The van der Waals surface area contributed by atoms with Crippen LogP contribution in [0.5, 0.6) is 0 Å². The van der Waals surface area contributed by atoms with Crippen molar-refractivity contribution in [3.05, 3.63) is 53.1 Å². The number of aliphatic hydroxyl groups is 2. The minimum Gasteiger partial charge on any atom is -0.748 e. The van der Waals surface area contributed by atoms with Crippen LogP contribution < -0.4 is 4.57 Å². The lowest BCUT2D eigenvalue weighted by Gasteiger charge is -2.07. The summed E-state index contributed by atoms with van der Waals surface area (Å²) in [6.45, 7) is -0.0625. The molecule has 2 aromatic rings. The van der Waals surface area contributed by atoms with Crippen LogP contribution in [-0.4, -0.2) is 52.5 Å². The van der Waals surface area contributed by atoms with E-state index in [0.717, 1.165) is 5.82 Å². The van der Waals surface area contributed by atoms with Crippen molar-refractivity contribution in [2.75, 3.05) is 12.9 Å². The fourth-order valence-electron chi connectivity index (χ4n) is 2.11. The highest BCUT2D eigenvalue weighted by molar-refractivity contribution is 7.84. The van der Waals surface area contributed by atoms with Gasteiger partial charge in [-0.2, -0.15) is 0 Å². The minimum absolute atomic E-state index is 0.0271. The third-order valence-electron chi connectivity index (χ3n) is 3.31. The SMILES string of the molecule is CS(=O)(=O)[O-].C[n+]1ccn(CC(O)CO)c1CC(=O)c1ccc(Cl)cc1. The van der Waals surface area contributed by atoms with Crippen LogP contribution in [0.1, 0.15) is 16.2 Å². The van der Waals surface area contributed by atoms with Crippen LogP contribution in [0.3, 0.4) is 0 Å². The smallest absolute Gasteiger partial charge is 0.264 e. The molecule has 2 rings (SSSR count). The third-order valence-corrected chi connectivity index (χ3v) is 3.56. The summed E-state index contributed by atoms with van der Waals surface area (Å²) in [6, 6.07) is 6.76. The van der Waals surface area contributed by atoms with Crippen molar-refractivity contribution < 1.29 is 32.5 Å². The number of Topliss-reactive ketones (excluding diaryl/α,β-unsaturated/α-hetero) is 1. The van der Waals surface area contributed by atoms with Crippen molar-refractivity contribution in [3.63, 3.8) is 0 Å². The van der Waals surface area contributed by atoms with E-state index in [1.807, 2.05) is 17.8 Å². The van der Waals surface area contributed by atoms with Gasteiger partial charge in [-0.15, -0.1) is 0 Å². The van der Waals surface area contributed by atoms with Gasteiger partial charge in [0.2, 0.25) is 0 Å². The molecule has 26 heavy (non-hydrogen) atoms. The van der Waals surface area contributed by atoms with Crippen LogP contribution in [0.4, 0.5) is 0 Å². The molecule has 10 heteroatoms. The summed E-state index contributed by atoms with van der Waals surface area (Å²) in [6.07, 6.45) is 3.57. The van der Waals surface area contributed by atoms with E-state index in [1.165, 1.54) is 0 Å². The number of aromatic nitrogens is 2. The maximum atomic E-state index is 12.3. The van der Waals surface area contributed by atoms with E-state index in [9.17, 15) is 9.90 Å². The van der Waals surface area contributed by atoms with Gasteiger partial charge >= 0.3 is 0 Å². The first kappa shape index (κ1) is 22.3. The van der Waals surface area contributed by atoms with Crippen molar-refractivity contribution in [1.29, 1.82) is 0 Å². The molecule has 0 saturated heterocycles. The van der Waals surface area contributed by atoms with Gasteiger partial charge in [-0.3, -0.25) is 4.79 Å². The highest BCUT2D eigenvalue weighted by Gasteiger charge is 2.21. The molecular formula is C16H21ClN2O6S.